The van der Waals surface area contributed by atoms with Gasteiger partial charge in [0, 0.05) is 50.3 Å². The fourth-order valence-electron chi connectivity index (χ4n) is 5.52. The number of fused-ring (bicyclic) bond motifs is 5. The summed E-state index contributed by atoms with van der Waals surface area (Å²) >= 11 is 0. The second-order valence-electron chi connectivity index (χ2n) is 10.4. The molecule has 40 heavy (non-hydrogen) atoms. The van der Waals surface area contributed by atoms with Crippen LogP contribution >= 0.6 is 0 Å². The number of oxazole rings is 1. The van der Waals surface area contributed by atoms with E-state index < -0.39 is 0 Å². The predicted molar refractivity (Wildman–Crippen MR) is 155 cm³/mol. The van der Waals surface area contributed by atoms with E-state index in [0.717, 1.165) is 44.7 Å². The third-order valence-electron chi connectivity index (χ3n) is 7.76. The highest BCUT2D eigenvalue weighted by molar-refractivity contribution is 5.80. The zero-order valence-corrected chi connectivity index (χ0v) is 22.3. The Hall–Kier alpha value is -4.64. The monoisotopic (exact) mass is 538 g/mol. The maximum atomic E-state index is 13.5. The number of aromatic nitrogens is 5. The number of piperazine rings is 1. The van der Waals surface area contributed by atoms with Gasteiger partial charge in [-0.1, -0.05) is 12.2 Å². The number of hydrogen-bond donors (Lipinski definition) is 1. The minimum Gasteiger partial charge on any atom is -0.408 e. The smallest absolute Gasteiger partial charge is 0.408 e. The number of nitrogens with one attached hydrogen (secondary N) is 1. The lowest BCUT2D eigenvalue weighted by Crippen LogP contribution is -2.44. The van der Waals surface area contributed by atoms with Crippen molar-refractivity contribution in [3.63, 3.8) is 0 Å². The molecular formula is C29H30N8O3. The molecule has 5 aromatic rings. The van der Waals surface area contributed by atoms with Crippen LogP contribution in [0.25, 0.3) is 27.8 Å². The molecule has 1 saturated heterocycles. The van der Waals surface area contributed by atoms with Gasteiger partial charge in [-0.3, -0.25) is 9.36 Å². The van der Waals surface area contributed by atoms with Crippen LogP contribution in [0.4, 0.5) is 17.3 Å². The topological polar surface area (TPSA) is 106 Å². The first-order valence-corrected chi connectivity index (χ1v) is 13.6. The van der Waals surface area contributed by atoms with E-state index in [4.69, 9.17) is 9.40 Å². The van der Waals surface area contributed by atoms with Crippen molar-refractivity contribution in [1.29, 1.82) is 0 Å². The van der Waals surface area contributed by atoms with Gasteiger partial charge in [0.2, 0.25) is 5.95 Å². The van der Waals surface area contributed by atoms with E-state index in [1.165, 1.54) is 5.69 Å². The summed E-state index contributed by atoms with van der Waals surface area (Å²) in [5.41, 5.74) is 4.28. The van der Waals surface area contributed by atoms with Gasteiger partial charge in [-0.25, -0.2) is 19.1 Å². The Morgan fingerprint density at radius 2 is 1.73 bits per heavy atom. The first-order valence-electron chi connectivity index (χ1n) is 13.6. The molecule has 1 fully saturated rings. The predicted octanol–water partition coefficient (Wildman–Crippen LogP) is 3.34. The average molecular weight is 539 g/mol. The Morgan fingerprint density at radius 3 is 2.55 bits per heavy atom. The molecule has 0 radical (unpaired) electrons. The molecule has 11 nitrogen and oxygen atoms in total. The van der Waals surface area contributed by atoms with Crippen LogP contribution in [-0.2, 0) is 13.1 Å². The van der Waals surface area contributed by atoms with Crippen LogP contribution in [0.1, 0.15) is 12.8 Å². The van der Waals surface area contributed by atoms with Gasteiger partial charge in [-0.15, -0.1) is 0 Å². The molecule has 0 atom stereocenters. The SMILES string of the molecule is CN1CCN(c2ccc(Nc3ncc4c(=O)n5n(c4n3)-c3ccc4oc(=O)n(c4c3)CCCC=CC5)cc2)CC1. The van der Waals surface area contributed by atoms with Crippen molar-refractivity contribution in [2.24, 2.45) is 0 Å². The Kier molecular flexibility index (Phi) is 6.00. The Balaban J connectivity index is 1.28. The van der Waals surface area contributed by atoms with Gasteiger partial charge in [-0.05, 0) is 62.4 Å². The number of aryl methyl sites for hydroxylation is 1. The summed E-state index contributed by atoms with van der Waals surface area (Å²) in [6, 6.07) is 13.7. The van der Waals surface area contributed by atoms with Crippen LogP contribution < -0.4 is 21.5 Å². The highest BCUT2D eigenvalue weighted by Crippen LogP contribution is 2.24. The van der Waals surface area contributed by atoms with Crippen molar-refractivity contribution in [2.75, 3.05) is 43.4 Å². The van der Waals surface area contributed by atoms with E-state index >= 15 is 0 Å². The van der Waals surface area contributed by atoms with Gasteiger partial charge in [0.1, 0.15) is 5.39 Å². The van der Waals surface area contributed by atoms with Gasteiger partial charge < -0.3 is 19.5 Å². The third-order valence-corrected chi connectivity index (χ3v) is 7.76. The van der Waals surface area contributed by atoms with Gasteiger partial charge in [0.15, 0.2) is 11.2 Å². The van der Waals surface area contributed by atoms with Crippen molar-refractivity contribution in [3.8, 4) is 5.69 Å². The summed E-state index contributed by atoms with van der Waals surface area (Å²) in [6.45, 7) is 5.07. The van der Waals surface area contributed by atoms with E-state index in [0.29, 0.717) is 46.9 Å². The minimum atomic E-state index is -0.379. The average Bonchev–Trinajstić information content (AvgIpc) is 3.42. The van der Waals surface area contributed by atoms with Crippen molar-refractivity contribution in [2.45, 2.75) is 25.9 Å². The second kappa shape index (κ2) is 9.83. The molecule has 2 aliphatic heterocycles. The van der Waals surface area contributed by atoms with E-state index in [1.54, 1.807) is 26.2 Å². The highest BCUT2D eigenvalue weighted by Gasteiger charge is 2.20. The van der Waals surface area contributed by atoms with Crippen molar-refractivity contribution < 1.29 is 4.42 Å². The molecule has 0 saturated carbocycles. The highest BCUT2D eigenvalue weighted by atomic mass is 16.4. The van der Waals surface area contributed by atoms with Crippen LogP contribution in [0.5, 0.6) is 0 Å². The number of nitrogens with zero attached hydrogens (tertiary/aromatic N) is 7. The fraction of sp³-hybridized carbons (Fsp3) is 0.310. The quantitative estimate of drug-likeness (QED) is 0.349. The first kappa shape index (κ1) is 24.4. The molecule has 0 aliphatic carbocycles. The summed E-state index contributed by atoms with van der Waals surface area (Å²) in [7, 11) is 2.15. The number of hydrogen-bond acceptors (Lipinski definition) is 8. The fourth-order valence-corrected chi connectivity index (χ4v) is 5.52. The largest absolute Gasteiger partial charge is 0.419 e. The van der Waals surface area contributed by atoms with Gasteiger partial charge >= 0.3 is 5.76 Å². The molecule has 2 bridgehead atoms. The maximum Gasteiger partial charge on any atom is 0.419 e. The zero-order valence-electron chi connectivity index (χ0n) is 22.3. The molecule has 0 spiro atoms. The molecule has 5 heterocycles. The summed E-state index contributed by atoms with van der Waals surface area (Å²) in [5, 5.41) is 3.72. The van der Waals surface area contributed by atoms with Gasteiger partial charge in [0.25, 0.3) is 5.56 Å². The van der Waals surface area contributed by atoms with Crippen molar-refractivity contribution in [3.05, 3.63) is 81.7 Å². The number of likely N-dealkylation sites (N-methyl/N-ethyl adjacent to an activating group) is 1. The summed E-state index contributed by atoms with van der Waals surface area (Å²) in [6.07, 6.45) is 7.17. The maximum absolute atomic E-state index is 13.5. The first-order chi connectivity index (χ1) is 19.5. The molecule has 0 amide bonds. The molecule has 3 aromatic heterocycles. The number of allylic oxidation sites excluding steroid dienone is 2. The Bertz CT molecular complexity index is 1850. The van der Waals surface area contributed by atoms with Crippen molar-refractivity contribution >= 4 is 39.5 Å². The summed E-state index contributed by atoms with van der Waals surface area (Å²) in [5.74, 6) is 0.0131. The molecule has 2 aromatic carbocycles. The lowest BCUT2D eigenvalue weighted by molar-refractivity contribution is 0.313. The lowest BCUT2D eigenvalue weighted by Gasteiger charge is -2.34. The van der Waals surface area contributed by atoms with Crippen LogP contribution in [0.2, 0.25) is 0 Å². The number of benzene rings is 2. The van der Waals surface area contributed by atoms with Crippen LogP contribution in [0.3, 0.4) is 0 Å². The van der Waals surface area contributed by atoms with Gasteiger partial charge in [0.05, 0.1) is 17.7 Å². The number of anilines is 3. The molecular weight excluding hydrogens is 508 g/mol. The van der Waals surface area contributed by atoms with Crippen molar-refractivity contribution in [1.82, 2.24) is 28.8 Å². The Morgan fingerprint density at radius 1 is 0.925 bits per heavy atom. The van der Waals surface area contributed by atoms with E-state index in [9.17, 15) is 9.59 Å². The third kappa shape index (κ3) is 4.28. The number of rotatable bonds is 3. The molecule has 2 aliphatic rings. The minimum absolute atomic E-state index is 0.176. The summed E-state index contributed by atoms with van der Waals surface area (Å²) < 4.78 is 10.6. The normalized spacial score (nSPS) is 16.3. The standard InChI is InChI=1S/C29H30N8O3/c1-33-14-16-34(17-15-33)21-8-6-20(7-9-21)31-28-30-19-23-26(32-28)37-22-10-11-25-24(18-22)35(29(39)40-25)12-4-2-3-5-13-36(37)27(23)38/h3,5-11,18-19H,2,4,12-17H2,1H3,(H,30,31,32). The molecule has 0 unspecified atom stereocenters. The second-order valence-corrected chi connectivity index (χ2v) is 10.4. The molecule has 11 heteroatoms. The molecule has 1 N–H and O–H groups in total. The van der Waals surface area contributed by atoms with E-state index in [2.05, 4.69) is 39.3 Å². The van der Waals surface area contributed by atoms with E-state index in [1.807, 2.05) is 36.4 Å². The van der Waals surface area contributed by atoms with Crippen LogP contribution in [-0.4, -0.2) is 62.0 Å². The lowest BCUT2D eigenvalue weighted by atomic mass is 10.2. The van der Waals surface area contributed by atoms with Crippen LogP contribution in [0.15, 0.2) is 74.8 Å². The Labute approximate surface area is 229 Å². The van der Waals surface area contributed by atoms with Gasteiger partial charge in [-0.2, -0.15) is 4.98 Å². The van der Waals surface area contributed by atoms with Crippen LogP contribution in [0, 0.1) is 0 Å². The van der Waals surface area contributed by atoms with E-state index in [-0.39, 0.29) is 11.3 Å². The molecule has 204 valence electrons. The zero-order chi connectivity index (χ0) is 27.2. The summed E-state index contributed by atoms with van der Waals surface area (Å²) in [4.78, 5) is 39.9. The molecule has 7 rings (SSSR count).